The van der Waals surface area contributed by atoms with Gasteiger partial charge in [-0.1, -0.05) is 48.5 Å². The molecule has 0 aliphatic rings. The van der Waals surface area contributed by atoms with Crippen LogP contribution in [0, 0.1) is 0 Å². The third-order valence-corrected chi connectivity index (χ3v) is 9.80. The number of nitrogen functional groups attached to an aromatic ring is 2. The molecule has 1 unspecified atom stereocenters. The van der Waals surface area contributed by atoms with E-state index in [4.69, 9.17) is 45.1 Å². The van der Waals surface area contributed by atoms with Crippen LogP contribution in [0.5, 0.6) is 11.9 Å². The number of H-pyrrole nitrogens is 2. The van der Waals surface area contributed by atoms with Crippen molar-refractivity contribution in [1.82, 2.24) is 34.1 Å². The van der Waals surface area contributed by atoms with Crippen molar-refractivity contribution in [3.8, 4) is 11.9 Å². The predicted octanol–water partition coefficient (Wildman–Crippen LogP) is 1.80. The number of fused-ring (bicyclic) bond motifs is 2. The number of anilines is 2. The Kier molecular flexibility index (Phi) is 13.6. The van der Waals surface area contributed by atoms with Gasteiger partial charge in [-0.25, -0.2) is 9.59 Å². The van der Waals surface area contributed by atoms with Crippen LogP contribution in [-0.4, -0.2) is 101 Å². The van der Waals surface area contributed by atoms with Gasteiger partial charge in [0.1, 0.15) is 24.2 Å². The number of hydrogen-bond acceptors (Lipinski definition) is 15. The maximum Gasteiger partial charge on any atom is 0.408 e. The number of rotatable bonds is 16. The molecule has 6 aromatic rings. The molecule has 0 fully saturated rings. The Bertz CT molecular complexity index is 2420. The Morgan fingerprint density at radius 1 is 0.732 bits per heavy atom. The summed E-state index contributed by atoms with van der Waals surface area (Å²) in [6, 6.07) is 15.7. The van der Waals surface area contributed by atoms with Gasteiger partial charge in [-0.3, -0.25) is 13.7 Å². The maximum absolute atomic E-state index is 12.4. The molecule has 0 radical (unpaired) electrons. The van der Waals surface area contributed by atoms with Gasteiger partial charge in [0, 0.05) is 33.1 Å². The Morgan fingerprint density at radius 2 is 1.25 bits per heavy atom. The van der Waals surface area contributed by atoms with Crippen molar-refractivity contribution < 1.29 is 43.1 Å². The molecule has 0 saturated carbocycles. The largest absolute Gasteiger partial charge is 0.475 e. The molecule has 22 heteroatoms. The Hall–Kier alpha value is -5.17. The van der Waals surface area contributed by atoms with Crippen molar-refractivity contribution in [3.05, 3.63) is 97.8 Å². The van der Waals surface area contributed by atoms with Gasteiger partial charge >= 0.3 is 25.3 Å². The number of nitrogens with one attached hydrogen (secondary N) is 2. The average molecular weight is 817 g/mol. The van der Waals surface area contributed by atoms with Crippen molar-refractivity contribution in [2.24, 2.45) is 0 Å². The number of nitrogens with zero attached hydrogens (tertiary/aromatic N) is 5. The summed E-state index contributed by atoms with van der Waals surface area (Å²) in [7, 11) is -3.90. The van der Waals surface area contributed by atoms with E-state index in [1.807, 2.05) is 12.1 Å². The van der Waals surface area contributed by atoms with Crippen LogP contribution in [0.3, 0.4) is 0 Å². The SMILES string of the molecule is COCCOc1cc2c([nH]c(=O)n2Cc2ccc(CP(C)(=O)O)cc2)c(N)n1.COCCOc1nc(N)c2[nH]c(=O)n(Cc3ccc(C[P+](O)(O)O)cc3)c2n1. The molecule has 4 heterocycles. The van der Waals surface area contributed by atoms with Crippen LogP contribution in [0.4, 0.5) is 11.6 Å². The van der Waals surface area contributed by atoms with E-state index in [9.17, 15) is 19.0 Å². The molecular formula is C34H44N9O11P2+. The van der Waals surface area contributed by atoms with Gasteiger partial charge in [0.05, 0.1) is 31.8 Å². The predicted molar refractivity (Wildman–Crippen MR) is 210 cm³/mol. The monoisotopic (exact) mass is 816 g/mol. The first-order valence-electron chi connectivity index (χ1n) is 16.9. The van der Waals surface area contributed by atoms with Crippen LogP contribution >= 0.6 is 15.3 Å². The van der Waals surface area contributed by atoms with Gasteiger partial charge in [-0.05, 0) is 22.3 Å². The lowest BCUT2D eigenvalue weighted by atomic mass is 10.1. The number of ether oxygens (including phenoxy) is 4. The third-order valence-electron chi connectivity index (χ3n) is 8.06. The lowest BCUT2D eigenvalue weighted by Gasteiger charge is -2.09. The molecule has 6 rings (SSSR count). The summed E-state index contributed by atoms with van der Waals surface area (Å²) in [4.78, 5) is 79.5. The van der Waals surface area contributed by atoms with E-state index < -0.39 is 21.0 Å². The van der Waals surface area contributed by atoms with Crippen LogP contribution in [0.25, 0.3) is 22.2 Å². The van der Waals surface area contributed by atoms with Gasteiger partial charge in [0.25, 0.3) is 0 Å². The number of imidazole rings is 2. The molecule has 0 aliphatic heterocycles. The number of pyridine rings is 1. The van der Waals surface area contributed by atoms with Gasteiger partial charge < -0.3 is 45.3 Å². The minimum absolute atomic E-state index is 0.0410. The summed E-state index contributed by atoms with van der Waals surface area (Å²) in [6.07, 6.45) is -0.114. The minimum Gasteiger partial charge on any atom is -0.475 e. The van der Waals surface area contributed by atoms with E-state index in [-0.39, 0.29) is 48.8 Å². The molecule has 0 amide bonds. The van der Waals surface area contributed by atoms with Crippen molar-refractivity contribution >= 4 is 49.1 Å². The number of aromatic nitrogens is 7. The minimum atomic E-state index is -3.89. The fourth-order valence-electron chi connectivity index (χ4n) is 5.52. The molecule has 20 nitrogen and oxygen atoms in total. The van der Waals surface area contributed by atoms with Gasteiger partial charge in [0.15, 0.2) is 23.4 Å². The summed E-state index contributed by atoms with van der Waals surface area (Å²) in [6.45, 7) is 3.15. The number of methoxy groups -OCH3 is 2. The molecule has 2 aromatic carbocycles. The lowest BCUT2D eigenvalue weighted by molar-refractivity contribution is 0.141. The van der Waals surface area contributed by atoms with Crippen molar-refractivity contribution in [2.45, 2.75) is 25.4 Å². The number of aromatic amines is 2. The van der Waals surface area contributed by atoms with E-state index in [2.05, 4.69) is 24.9 Å². The highest BCUT2D eigenvalue weighted by molar-refractivity contribution is 7.57. The van der Waals surface area contributed by atoms with Crippen LogP contribution in [0.2, 0.25) is 0 Å². The second-order valence-electron chi connectivity index (χ2n) is 12.7. The zero-order valence-electron chi connectivity index (χ0n) is 30.8. The maximum atomic E-state index is 12.4. The van der Waals surface area contributed by atoms with Gasteiger partial charge in [-0.2, -0.15) is 29.6 Å². The molecule has 0 aliphatic carbocycles. The first-order chi connectivity index (χ1) is 26.5. The third kappa shape index (κ3) is 11.4. The fraction of sp³-hybridized carbons (Fsp3) is 0.324. The number of nitrogens with two attached hydrogens (primary N) is 2. The highest BCUT2D eigenvalue weighted by atomic mass is 31.2. The highest BCUT2D eigenvalue weighted by Gasteiger charge is 2.29. The Morgan fingerprint density at radius 3 is 1.84 bits per heavy atom. The Balaban J connectivity index is 0.000000214. The van der Waals surface area contributed by atoms with E-state index >= 15 is 0 Å². The van der Waals surface area contributed by atoms with Crippen LogP contribution in [0.15, 0.2) is 64.2 Å². The Labute approximate surface area is 319 Å². The first-order valence-corrected chi connectivity index (χ1v) is 21.1. The summed E-state index contributed by atoms with van der Waals surface area (Å²) in [5, 5.41) is 0. The van der Waals surface area contributed by atoms with Crippen LogP contribution < -0.4 is 32.3 Å². The van der Waals surface area contributed by atoms with E-state index in [0.717, 1.165) is 16.7 Å². The van der Waals surface area contributed by atoms with Crippen LogP contribution in [-0.2, 0) is 39.5 Å². The molecule has 0 bridgehead atoms. The summed E-state index contributed by atoms with van der Waals surface area (Å²) in [5.41, 5.74) is 15.8. The molecule has 0 saturated heterocycles. The highest BCUT2D eigenvalue weighted by Crippen LogP contribution is 2.48. The van der Waals surface area contributed by atoms with Crippen molar-refractivity contribution in [2.75, 3.05) is 58.8 Å². The van der Waals surface area contributed by atoms with Gasteiger partial charge in [-0.15, -0.1) is 0 Å². The molecule has 1 atom stereocenters. The summed E-state index contributed by atoms with van der Waals surface area (Å²) in [5.74, 6) is 0.585. The fourth-order valence-corrected chi connectivity index (χ4v) is 7.11. The van der Waals surface area contributed by atoms with Crippen LogP contribution in [0.1, 0.15) is 22.3 Å². The molecule has 4 aromatic heterocycles. The standard InChI is InChI=1S/C18H23N4O5P.C16H20N5O6P/c1-26-7-8-27-15-9-14-16(17(19)20-15)21-18(23)22(14)10-12-3-5-13(6-4-12)11-28(2,24)25;1-26-6-7-27-15-19-13(17)12-14(20-15)21(16(22)18-12)8-10-2-4-11(5-3-10)9-28(23,24)25/h3-6,9H,7-8,10-11H2,1-2H3,(H2,19,20)(H,21,23)(H,24,25);2-5,23-25H,6-9H2,1H3,(H2-,17,18,19,20,22)/p+1. The lowest BCUT2D eigenvalue weighted by Crippen LogP contribution is -2.18. The zero-order valence-corrected chi connectivity index (χ0v) is 32.6. The van der Waals surface area contributed by atoms with E-state index in [1.54, 1.807) is 61.3 Å². The smallest absolute Gasteiger partial charge is 0.408 e. The quantitative estimate of drug-likeness (QED) is 0.0510. The molecular weight excluding hydrogens is 772 g/mol. The summed E-state index contributed by atoms with van der Waals surface area (Å²) >= 11 is 0. The topological polar surface area (TPSA) is 301 Å². The van der Waals surface area contributed by atoms with Crippen molar-refractivity contribution in [3.63, 3.8) is 0 Å². The number of hydrogen-bond donors (Lipinski definition) is 8. The average Bonchev–Trinajstić information content (AvgIpc) is 3.61. The second-order valence-corrected chi connectivity index (χ2v) is 16.9. The normalized spacial score (nSPS) is 12.7. The summed E-state index contributed by atoms with van der Waals surface area (Å²) < 4.78 is 35.2. The van der Waals surface area contributed by atoms with E-state index in [1.165, 1.54) is 11.2 Å². The molecule has 300 valence electrons. The molecule has 56 heavy (non-hydrogen) atoms. The second kappa shape index (κ2) is 18.2. The zero-order chi connectivity index (χ0) is 40.6. The van der Waals surface area contributed by atoms with Gasteiger partial charge in [0.2, 0.25) is 13.2 Å². The molecule has 0 spiro atoms. The first kappa shape index (κ1) is 42.0. The van der Waals surface area contributed by atoms with Crippen molar-refractivity contribution in [1.29, 1.82) is 0 Å². The van der Waals surface area contributed by atoms with E-state index in [0.29, 0.717) is 60.0 Å². The molecule has 10 N–H and O–H groups in total. The number of benzene rings is 2.